The van der Waals surface area contributed by atoms with E-state index in [1.54, 1.807) is 4.90 Å². The first-order valence-corrected chi connectivity index (χ1v) is 7.24. The molecule has 1 aromatic carbocycles. The number of carboxylic acid groups (broad SMARTS) is 1. The van der Waals surface area contributed by atoms with E-state index in [2.05, 4.69) is 0 Å². The molecule has 0 fully saturated rings. The smallest absolute Gasteiger partial charge is 0.304 e. The van der Waals surface area contributed by atoms with Gasteiger partial charge in [-0.15, -0.1) is 0 Å². The number of aryl methyl sites for hydroxylation is 1. The maximum Gasteiger partial charge on any atom is 0.304 e. The highest BCUT2D eigenvalue weighted by Gasteiger charge is 2.34. The molecule has 1 aromatic heterocycles. The average Bonchev–Trinajstić information content (AvgIpc) is 3.01. The summed E-state index contributed by atoms with van der Waals surface area (Å²) in [4.78, 5) is 25.6. The van der Waals surface area contributed by atoms with E-state index < -0.39 is 5.97 Å². The summed E-state index contributed by atoms with van der Waals surface area (Å²) in [6.07, 6.45) is 0.0347. The van der Waals surface area contributed by atoms with Crippen LogP contribution in [0.25, 0.3) is 0 Å². The van der Waals surface area contributed by atoms with Crippen molar-refractivity contribution in [1.82, 2.24) is 4.57 Å². The summed E-state index contributed by atoms with van der Waals surface area (Å²) in [6.45, 7) is 2.36. The molecule has 1 aliphatic heterocycles. The Morgan fingerprint density at radius 1 is 1.23 bits per heavy atom. The first-order chi connectivity index (χ1) is 10.5. The molecule has 2 aromatic rings. The minimum atomic E-state index is -0.844. The van der Waals surface area contributed by atoms with Gasteiger partial charge in [-0.2, -0.15) is 0 Å². The van der Waals surface area contributed by atoms with Crippen molar-refractivity contribution in [3.63, 3.8) is 0 Å². The van der Waals surface area contributed by atoms with Gasteiger partial charge >= 0.3 is 5.97 Å². The minimum Gasteiger partial charge on any atom is -0.481 e. The molecule has 1 N–H and O–H groups in total. The number of carbonyl (C=O) groups excluding carboxylic acids is 1. The van der Waals surface area contributed by atoms with Gasteiger partial charge in [0.15, 0.2) is 0 Å². The van der Waals surface area contributed by atoms with E-state index in [9.17, 15) is 9.59 Å². The highest BCUT2D eigenvalue weighted by molar-refractivity contribution is 6.06. The second kappa shape index (κ2) is 5.33. The fourth-order valence-corrected chi connectivity index (χ4v) is 3.04. The van der Waals surface area contributed by atoms with Crippen molar-refractivity contribution < 1.29 is 14.7 Å². The molecular weight excluding hydrogens is 280 g/mol. The summed E-state index contributed by atoms with van der Waals surface area (Å²) in [5, 5.41) is 9.08. The van der Waals surface area contributed by atoms with Crippen molar-refractivity contribution in [2.45, 2.75) is 19.3 Å². The van der Waals surface area contributed by atoms with Crippen molar-refractivity contribution in [1.29, 1.82) is 0 Å². The number of anilines is 1. The minimum absolute atomic E-state index is 0.0347. The Bertz CT molecular complexity index is 748. The first kappa shape index (κ1) is 14.4. The van der Waals surface area contributed by atoms with Crippen molar-refractivity contribution in [2.75, 3.05) is 11.4 Å². The van der Waals surface area contributed by atoms with Crippen molar-refractivity contribution in [3.05, 3.63) is 53.3 Å². The number of carbonyl (C=O) groups is 2. The Labute approximate surface area is 128 Å². The molecule has 0 radical (unpaired) electrons. The maximum absolute atomic E-state index is 12.8. The van der Waals surface area contributed by atoms with Crippen LogP contribution in [0.1, 0.15) is 34.1 Å². The molecule has 1 amide bonds. The summed E-state index contributed by atoms with van der Waals surface area (Å²) in [6, 6.07) is 11.3. The van der Waals surface area contributed by atoms with Gasteiger partial charge < -0.3 is 14.6 Å². The summed E-state index contributed by atoms with van der Waals surface area (Å²) < 4.78 is 1.86. The lowest BCUT2D eigenvalue weighted by molar-refractivity contribution is -0.137. The van der Waals surface area contributed by atoms with E-state index >= 15 is 0 Å². The lowest BCUT2D eigenvalue weighted by atomic mass is 9.98. The van der Waals surface area contributed by atoms with E-state index in [4.69, 9.17) is 5.11 Å². The summed E-state index contributed by atoms with van der Waals surface area (Å²) >= 11 is 0. The summed E-state index contributed by atoms with van der Waals surface area (Å²) in [7, 11) is 1.86. The number of amides is 1. The van der Waals surface area contributed by atoms with E-state index in [0.29, 0.717) is 12.2 Å². The summed E-state index contributed by atoms with van der Waals surface area (Å²) in [5.74, 6) is -1.08. The van der Waals surface area contributed by atoms with Crippen LogP contribution in [-0.2, 0) is 11.8 Å². The molecule has 2 heterocycles. The van der Waals surface area contributed by atoms with Gasteiger partial charge in [-0.05, 0) is 30.7 Å². The number of aliphatic carboxylic acids is 1. The van der Waals surface area contributed by atoms with Gasteiger partial charge in [0.2, 0.25) is 0 Å². The Morgan fingerprint density at radius 2 is 1.95 bits per heavy atom. The Hall–Kier alpha value is -2.56. The quantitative estimate of drug-likeness (QED) is 0.947. The number of benzene rings is 1. The Balaban J connectivity index is 1.97. The molecular formula is C17H18N2O3. The molecule has 5 nitrogen and oxygen atoms in total. The van der Waals surface area contributed by atoms with Gasteiger partial charge in [-0.3, -0.25) is 9.59 Å². The number of nitrogens with zero attached hydrogens (tertiary/aromatic N) is 2. The first-order valence-electron chi connectivity index (χ1n) is 7.24. The maximum atomic E-state index is 12.8. The number of aromatic nitrogens is 1. The van der Waals surface area contributed by atoms with Crippen LogP contribution in [0.2, 0.25) is 0 Å². The topological polar surface area (TPSA) is 62.5 Å². The van der Waals surface area contributed by atoms with E-state index in [0.717, 1.165) is 16.9 Å². The van der Waals surface area contributed by atoms with Gasteiger partial charge in [-0.25, -0.2) is 0 Å². The molecule has 5 heteroatoms. The number of para-hydroxylation sites is 1. The zero-order valence-electron chi connectivity index (χ0n) is 12.6. The van der Waals surface area contributed by atoms with E-state index in [-0.39, 0.29) is 18.2 Å². The van der Waals surface area contributed by atoms with Crippen LogP contribution in [-0.4, -0.2) is 28.1 Å². The SMILES string of the molecule is Cc1ccc(C(=O)N2CC(CC(=O)O)c3ccccc32)n1C. The number of rotatable bonds is 3. The standard InChI is InChI=1S/C17H18N2O3/c1-11-7-8-15(18(11)2)17(22)19-10-12(9-16(20)21)13-5-3-4-6-14(13)19/h3-8,12H,9-10H2,1-2H3,(H,20,21). The highest BCUT2D eigenvalue weighted by atomic mass is 16.4. The zero-order valence-corrected chi connectivity index (χ0v) is 12.6. The van der Waals surface area contributed by atoms with Crippen molar-refractivity contribution >= 4 is 17.6 Å². The van der Waals surface area contributed by atoms with Gasteiger partial charge in [0, 0.05) is 30.9 Å². The Kier molecular flexibility index (Phi) is 3.48. The Morgan fingerprint density at radius 3 is 2.59 bits per heavy atom. The highest BCUT2D eigenvalue weighted by Crippen LogP contribution is 2.38. The molecule has 0 aliphatic carbocycles. The van der Waals surface area contributed by atoms with Crippen LogP contribution in [0.5, 0.6) is 0 Å². The van der Waals surface area contributed by atoms with Gasteiger partial charge in [-0.1, -0.05) is 18.2 Å². The number of hydrogen-bond acceptors (Lipinski definition) is 2. The molecule has 1 aliphatic rings. The monoisotopic (exact) mass is 298 g/mol. The number of carboxylic acids is 1. The lowest BCUT2D eigenvalue weighted by Gasteiger charge is -2.18. The van der Waals surface area contributed by atoms with Crippen LogP contribution in [0.3, 0.4) is 0 Å². The van der Waals surface area contributed by atoms with Gasteiger partial charge in [0.1, 0.15) is 5.69 Å². The third-order valence-electron chi connectivity index (χ3n) is 4.33. The molecule has 1 unspecified atom stereocenters. The zero-order chi connectivity index (χ0) is 15.9. The van der Waals surface area contributed by atoms with Crippen LogP contribution in [0.15, 0.2) is 36.4 Å². The normalized spacial score (nSPS) is 16.6. The third-order valence-corrected chi connectivity index (χ3v) is 4.33. The van der Waals surface area contributed by atoms with E-state index in [1.807, 2.05) is 54.9 Å². The number of hydrogen-bond donors (Lipinski definition) is 1. The third kappa shape index (κ3) is 2.28. The van der Waals surface area contributed by atoms with Crippen LogP contribution >= 0.6 is 0 Å². The van der Waals surface area contributed by atoms with Crippen molar-refractivity contribution in [2.24, 2.45) is 7.05 Å². The molecule has 114 valence electrons. The largest absolute Gasteiger partial charge is 0.481 e. The van der Waals surface area contributed by atoms with Crippen LogP contribution < -0.4 is 4.90 Å². The van der Waals surface area contributed by atoms with Gasteiger partial charge in [0.05, 0.1) is 6.42 Å². The second-order valence-electron chi connectivity index (χ2n) is 5.69. The average molecular weight is 298 g/mol. The predicted octanol–water partition coefficient (Wildman–Crippen LogP) is 2.55. The molecule has 0 spiro atoms. The molecule has 0 saturated carbocycles. The molecule has 22 heavy (non-hydrogen) atoms. The predicted molar refractivity (Wildman–Crippen MR) is 83.3 cm³/mol. The molecule has 0 bridgehead atoms. The molecule has 3 rings (SSSR count). The molecule has 0 saturated heterocycles. The van der Waals surface area contributed by atoms with Gasteiger partial charge in [0.25, 0.3) is 5.91 Å². The summed E-state index contributed by atoms with van der Waals surface area (Å²) in [5.41, 5.74) is 3.38. The van der Waals surface area contributed by atoms with E-state index in [1.165, 1.54) is 0 Å². The van der Waals surface area contributed by atoms with Crippen molar-refractivity contribution in [3.8, 4) is 0 Å². The fraction of sp³-hybridized carbons (Fsp3) is 0.294. The lowest BCUT2D eigenvalue weighted by Crippen LogP contribution is -2.31. The molecule has 1 atom stereocenters. The number of fused-ring (bicyclic) bond motifs is 1. The van der Waals surface area contributed by atoms with Crippen LogP contribution in [0.4, 0.5) is 5.69 Å². The van der Waals surface area contributed by atoms with Crippen LogP contribution in [0, 0.1) is 6.92 Å². The fourth-order valence-electron chi connectivity index (χ4n) is 3.04. The second-order valence-corrected chi connectivity index (χ2v) is 5.69.